The number of aromatic nitrogens is 1. The van der Waals surface area contributed by atoms with Crippen molar-refractivity contribution in [3.8, 4) is 11.5 Å². The second-order valence-electron chi connectivity index (χ2n) is 9.94. The van der Waals surface area contributed by atoms with E-state index in [0.29, 0.717) is 21.2 Å². The van der Waals surface area contributed by atoms with Gasteiger partial charge >= 0.3 is 4.87 Å². The van der Waals surface area contributed by atoms with Crippen LogP contribution in [-0.2, 0) is 20.9 Å². The van der Waals surface area contributed by atoms with Crippen molar-refractivity contribution in [1.82, 2.24) is 4.57 Å². The average molecular weight is 637 g/mol. The van der Waals surface area contributed by atoms with Gasteiger partial charge in [0.15, 0.2) is 11.5 Å². The number of halogens is 1. The van der Waals surface area contributed by atoms with Gasteiger partial charge in [0.2, 0.25) is 17.7 Å². The summed E-state index contributed by atoms with van der Waals surface area (Å²) in [6.07, 6.45) is 0. The highest BCUT2D eigenvalue weighted by Crippen LogP contribution is 2.54. The molecule has 0 spiro atoms. The number of ether oxygens (including phenoxy) is 1. The minimum atomic E-state index is -1.00. The molecule has 0 radical (unpaired) electrons. The van der Waals surface area contributed by atoms with Crippen LogP contribution in [0, 0.1) is 21.8 Å². The highest BCUT2D eigenvalue weighted by molar-refractivity contribution is 8.00. The van der Waals surface area contributed by atoms with E-state index in [2.05, 4.69) is 5.32 Å². The zero-order chi connectivity index (χ0) is 31.3. The monoisotopic (exact) mass is 636 g/mol. The summed E-state index contributed by atoms with van der Waals surface area (Å²) in [5, 5.41) is 23.3. The molecule has 0 bridgehead atoms. The summed E-state index contributed by atoms with van der Waals surface area (Å²) in [5.74, 6) is -4.03. The van der Waals surface area contributed by atoms with E-state index in [-0.39, 0.29) is 22.9 Å². The van der Waals surface area contributed by atoms with Crippen molar-refractivity contribution in [3.63, 3.8) is 0 Å². The number of non-ortho nitro benzene ring substituents is 1. The zero-order valence-electron chi connectivity index (χ0n) is 22.6. The number of hydrogen-bond acceptors (Lipinski definition) is 10. The van der Waals surface area contributed by atoms with Gasteiger partial charge < -0.3 is 15.2 Å². The summed E-state index contributed by atoms with van der Waals surface area (Å²) in [7, 11) is 1.36. The Balaban J connectivity index is 1.42. The molecule has 15 heteroatoms. The quantitative estimate of drug-likeness (QED) is 0.173. The number of rotatable bonds is 7. The fourth-order valence-corrected chi connectivity index (χ4v) is 8.13. The van der Waals surface area contributed by atoms with Crippen LogP contribution >= 0.6 is 23.1 Å². The summed E-state index contributed by atoms with van der Waals surface area (Å²) in [5.41, 5.74) is 0.763. The molecule has 3 amide bonds. The van der Waals surface area contributed by atoms with Crippen LogP contribution in [0.3, 0.4) is 0 Å². The van der Waals surface area contributed by atoms with E-state index in [4.69, 9.17) is 4.74 Å². The second-order valence-corrected chi connectivity index (χ2v) is 12.1. The third-order valence-electron chi connectivity index (χ3n) is 7.36. The van der Waals surface area contributed by atoms with Crippen molar-refractivity contribution in [3.05, 3.63) is 103 Å². The number of phenols is 1. The van der Waals surface area contributed by atoms with E-state index >= 15 is 0 Å². The van der Waals surface area contributed by atoms with Gasteiger partial charge in [0, 0.05) is 28.6 Å². The molecular formula is C29H21FN4O8S2. The molecule has 0 unspecified atom stereocenters. The third kappa shape index (κ3) is 4.99. The van der Waals surface area contributed by atoms with Gasteiger partial charge in [-0.15, -0.1) is 0 Å². The van der Waals surface area contributed by atoms with Gasteiger partial charge in [0.05, 0.1) is 28.7 Å². The number of thioether (sulfide) groups is 1. The van der Waals surface area contributed by atoms with Crippen LogP contribution in [0.5, 0.6) is 11.5 Å². The molecule has 3 heterocycles. The molecule has 2 aliphatic heterocycles. The predicted octanol–water partition coefficient (Wildman–Crippen LogP) is 4.11. The van der Waals surface area contributed by atoms with Crippen LogP contribution < -0.4 is 19.8 Å². The molecule has 1 saturated heterocycles. The van der Waals surface area contributed by atoms with E-state index < -0.39 is 57.0 Å². The van der Waals surface area contributed by atoms with Gasteiger partial charge in [-0.05, 0) is 54.1 Å². The molecule has 44 heavy (non-hydrogen) atoms. The number of methoxy groups -OCH3 is 1. The number of imide groups is 1. The van der Waals surface area contributed by atoms with Gasteiger partial charge in [0.1, 0.15) is 17.6 Å². The molecule has 224 valence electrons. The van der Waals surface area contributed by atoms with Crippen LogP contribution in [0.2, 0.25) is 0 Å². The smallest absolute Gasteiger partial charge is 0.308 e. The lowest BCUT2D eigenvalue weighted by Crippen LogP contribution is -2.33. The number of carbonyl (C=O) groups is 3. The lowest BCUT2D eigenvalue weighted by atomic mass is 9.83. The molecule has 4 aromatic rings. The molecule has 1 aromatic heterocycles. The maximum absolute atomic E-state index is 14.0. The maximum Gasteiger partial charge on any atom is 0.308 e. The number of benzene rings is 3. The number of nitro benzene ring substituents is 1. The number of nitrogens with zero attached hydrogens (tertiary/aromatic N) is 3. The fourth-order valence-electron chi connectivity index (χ4n) is 5.36. The molecule has 3 atom stereocenters. The molecule has 12 nitrogen and oxygen atoms in total. The van der Waals surface area contributed by atoms with E-state index in [0.717, 1.165) is 28.0 Å². The first-order valence-electron chi connectivity index (χ1n) is 13.0. The number of thiazole rings is 1. The van der Waals surface area contributed by atoms with E-state index in [1.807, 2.05) is 0 Å². The molecule has 0 aliphatic carbocycles. The number of aromatic hydroxyl groups is 1. The van der Waals surface area contributed by atoms with Gasteiger partial charge in [-0.2, -0.15) is 0 Å². The Kier molecular flexibility index (Phi) is 7.43. The average Bonchev–Trinajstić information content (AvgIpc) is 3.44. The van der Waals surface area contributed by atoms with Crippen molar-refractivity contribution in [2.75, 3.05) is 17.3 Å². The van der Waals surface area contributed by atoms with Crippen LogP contribution in [0.15, 0.2) is 76.6 Å². The largest absolute Gasteiger partial charge is 0.504 e. The topological polar surface area (TPSA) is 161 Å². The van der Waals surface area contributed by atoms with Crippen LogP contribution in [0.1, 0.15) is 16.4 Å². The first kappa shape index (κ1) is 29.1. The zero-order valence-corrected chi connectivity index (χ0v) is 24.3. The summed E-state index contributed by atoms with van der Waals surface area (Å²) in [4.78, 5) is 65.6. The predicted molar refractivity (Wildman–Crippen MR) is 159 cm³/mol. The summed E-state index contributed by atoms with van der Waals surface area (Å²) >= 11 is 1.84. The normalized spacial score (nSPS) is 19.0. The second kappa shape index (κ2) is 11.2. The molecule has 2 aliphatic rings. The van der Waals surface area contributed by atoms with Gasteiger partial charge in [-0.3, -0.25) is 33.9 Å². The summed E-state index contributed by atoms with van der Waals surface area (Å²) in [6, 6.07) is 14.6. The Morgan fingerprint density at radius 3 is 2.43 bits per heavy atom. The number of amides is 3. The van der Waals surface area contributed by atoms with Crippen molar-refractivity contribution >= 4 is 57.9 Å². The van der Waals surface area contributed by atoms with Crippen molar-refractivity contribution in [2.45, 2.75) is 22.7 Å². The van der Waals surface area contributed by atoms with Crippen LogP contribution in [-0.4, -0.2) is 44.7 Å². The van der Waals surface area contributed by atoms with Crippen molar-refractivity contribution in [1.29, 1.82) is 0 Å². The van der Waals surface area contributed by atoms with Crippen LogP contribution in [0.4, 0.5) is 21.5 Å². The Morgan fingerprint density at radius 1 is 1.07 bits per heavy atom. The Hall–Kier alpha value is -5.02. The number of fused-ring (bicyclic) bond motifs is 2. The molecular weight excluding hydrogens is 615 g/mol. The van der Waals surface area contributed by atoms with Crippen LogP contribution in [0.25, 0.3) is 0 Å². The number of phenolic OH excluding ortho intramolecular Hbond substituents is 1. The first-order valence-corrected chi connectivity index (χ1v) is 14.7. The Labute approximate surface area is 255 Å². The van der Waals surface area contributed by atoms with E-state index in [9.17, 15) is 38.8 Å². The fraction of sp³-hybridized carbons (Fsp3) is 0.172. The number of carbonyl (C=O) groups excluding carboxylic acids is 3. The van der Waals surface area contributed by atoms with Crippen molar-refractivity contribution < 1.29 is 33.5 Å². The Morgan fingerprint density at radius 2 is 1.77 bits per heavy atom. The lowest BCUT2D eigenvalue weighted by molar-refractivity contribution is -0.384. The number of nitrogens with one attached hydrogen (secondary N) is 1. The number of anilines is 2. The van der Waals surface area contributed by atoms with Crippen molar-refractivity contribution in [2.24, 2.45) is 5.92 Å². The van der Waals surface area contributed by atoms with Gasteiger partial charge in [-0.25, -0.2) is 9.29 Å². The van der Waals surface area contributed by atoms with E-state index in [1.54, 1.807) is 6.07 Å². The standard InChI is InChI=1S/C29H21FN4O8S2/c1-42-20-12-14(2-11-19(20)35)22-23-24(27(38)33(26(23)37)17-7-9-18(10-8-17)34(40)41)43-28-25(22)44-29(39)32(28)13-21(36)31-16-5-3-15(30)4-6-16/h2-12,22-24,35H,13H2,1H3,(H,31,36)/t22-,23+,24-/m0/s1. The minimum absolute atomic E-state index is 0.119. The van der Waals surface area contributed by atoms with Gasteiger partial charge in [0.25, 0.3) is 5.69 Å². The lowest BCUT2D eigenvalue weighted by Gasteiger charge is -2.31. The minimum Gasteiger partial charge on any atom is -0.504 e. The summed E-state index contributed by atoms with van der Waals surface area (Å²) in [6.45, 7) is -0.410. The first-order chi connectivity index (χ1) is 21.1. The molecule has 0 saturated carbocycles. The third-order valence-corrected chi connectivity index (χ3v) is 9.96. The molecule has 2 N–H and O–H groups in total. The highest BCUT2D eigenvalue weighted by Gasteiger charge is 2.57. The van der Waals surface area contributed by atoms with Gasteiger partial charge in [-0.1, -0.05) is 29.2 Å². The molecule has 6 rings (SSSR count). The summed E-state index contributed by atoms with van der Waals surface area (Å²) < 4.78 is 19.8. The number of hydrogen-bond donors (Lipinski definition) is 2. The SMILES string of the molecule is COc1cc([C@@H]2c3sc(=O)n(CC(=O)Nc4ccc(F)cc4)c3S[C@@H]3C(=O)N(c4ccc([N+](=O)[O-])cc4)C(=O)[C@H]23)ccc1O. The van der Waals surface area contributed by atoms with E-state index in [1.165, 1.54) is 72.3 Å². The Bertz CT molecular complexity index is 1890. The molecule has 3 aromatic carbocycles. The number of nitro groups is 1. The maximum atomic E-state index is 14.0. The molecule has 1 fully saturated rings. The highest BCUT2D eigenvalue weighted by atomic mass is 32.2.